The predicted octanol–water partition coefficient (Wildman–Crippen LogP) is 4.22. The minimum atomic E-state index is -0.403. The van der Waals surface area contributed by atoms with E-state index in [1.54, 1.807) is 30.5 Å². The summed E-state index contributed by atoms with van der Waals surface area (Å²) < 4.78 is 19.5. The van der Waals surface area contributed by atoms with E-state index in [4.69, 9.17) is 16.3 Å². The second kappa shape index (κ2) is 5.47. The van der Waals surface area contributed by atoms with Crippen LogP contribution in [-0.4, -0.2) is 4.98 Å². The van der Waals surface area contributed by atoms with Gasteiger partial charge in [0.15, 0.2) is 11.6 Å². The average molecular weight is 317 g/mol. The van der Waals surface area contributed by atoms with Gasteiger partial charge in [-0.2, -0.15) is 0 Å². The Balaban J connectivity index is 2.07. The van der Waals surface area contributed by atoms with Gasteiger partial charge < -0.3 is 4.74 Å². The van der Waals surface area contributed by atoms with Gasteiger partial charge in [0, 0.05) is 10.7 Å². The van der Waals surface area contributed by atoms with Crippen LogP contribution < -0.4 is 4.74 Å². The van der Waals surface area contributed by atoms with E-state index >= 15 is 0 Å². The number of nitrogens with zero attached hydrogens (tertiary/aromatic N) is 1. The van der Waals surface area contributed by atoms with Gasteiger partial charge >= 0.3 is 0 Å². The first-order chi connectivity index (χ1) is 8.15. The molecule has 2 aromatic rings. The molecule has 0 unspecified atom stereocenters. The van der Waals surface area contributed by atoms with Gasteiger partial charge in [-0.15, -0.1) is 0 Å². The lowest BCUT2D eigenvalue weighted by Crippen LogP contribution is -1.97. The number of ether oxygens (including phenoxy) is 1. The molecule has 1 aromatic heterocycles. The highest BCUT2D eigenvalue weighted by atomic mass is 79.9. The molecule has 0 atom stereocenters. The summed E-state index contributed by atoms with van der Waals surface area (Å²) in [5.74, 6) is -0.194. The number of hydrogen-bond donors (Lipinski definition) is 0. The Morgan fingerprint density at radius 3 is 2.82 bits per heavy atom. The lowest BCUT2D eigenvalue weighted by atomic mass is 10.3. The fraction of sp³-hybridized carbons (Fsp3) is 0.0833. The summed E-state index contributed by atoms with van der Waals surface area (Å²) in [6.07, 6.45) is 1.58. The van der Waals surface area contributed by atoms with Crippen molar-refractivity contribution in [2.75, 3.05) is 0 Å². The van der Waals surface area contributed by atoms with Crippen molar-refractivity contribution in [3.8, 4) is 5.75 Å². The third-order valence-electron chi connectivity index (χ3n) is 2.08. The normalized spacial score (nSPS) is 10.3. The first-order valence-corrected chi connectivity index (χ1v) is 6.00. The van der Waals surface area contributed by atoms with E-state index < -0.39 is 5.82 Å². The average Bonchev–Trinajstić information content (AvgIpc) is 2.28. The van der Waals surface area contributed by atoms with E-state index in [9.17, 15) is 4.39 Å². The molecule has 0 N–H and O–H groups in total. The molecule has 0 saturated carbocycles. The van der Waals surface area contributed by atoms with E-state index in [0.717, 1.165) is 5.56 Å². The molecule has 0 spiro atoms. The zero-order chi connectivity index (χ0) is 12.3. The molecule has 0 aliphatic heterocycles. The molecule has 2 rings (SSSR count). The summed E-state index contributed by atoms with van der Waals surface area (Å²) in [5.41, 5.74) is 0.840. The lowest BCUT2D eigenvalue weighted by molar-refractivity contribution is 0.290. The molecular formula is C12H8BrClFNO. The quantitative estimate of drug-likeness (QED) is 0.791. The van der Waals surface area contributed by atoms with Crippen molar-refractivity contribution < 1.29 is 9.13 Å². The Morgan fingerprint density at radius 2 is 2.12 bits per heavy atom. The largest absolute Gasteiger partial charge is 0.486 e. The van der Waals surface area contributed by atoms with Gasteiger partial charge in [-0.05, 0) is 35.9 Å². The minimum absolute atomic E-state index is 0.209. The predicted molar refractivity (Wildman–Crippen MR) is 67.7 cm³/mol. The highest BCUT2D eigenvalue weighted by molar-refractivity contribution is 9.10. The second-order valence-electron chi connectivity index (χ2n) is 3.35. The van der Waals surface area contributed by atoms with E-state index in [2.05, 4.69) is 20.9 Å². The second-order valence-corrected chi connectivity index (χ2v) is 4.65. The molecule has 0 radical (unpaired) electrons. The molecular weight excluding hydrogens is 308 g/mol. The summed E-state index contributed by atoms with van der Waals surface area (Å²) in [6.45, 7) is 0.251. The number of hydrogen-bond acceptors (Lipinski definition) is 2. The standard InChI is InChI=1S/C12H8BrClFNO/c13-9-1-2-11(10(15)6-9)17-7-8-3-4-16-12(14)5-8/h1-6H,7H2. The van der Waals surface area contributed by atoms with Gasteiger partial charge in [0.2, 0.25) is 0 Å². The maximum absolute atomic E-state index is 13.4. The summed E-state index contributed by atoms with van der Waals surface area (Å²) >= 11 is 8.91. The van der Waals surface area contributed by atoms with Crippen LogP contribution in [0.1, 0.15) is 5.56 Å². The molecule has 88 valence electrons. The van der Waals surface area contributed by atoms with Crippen LogP contribution in [0.5, 0.6) is 5.75 Å². The molecule has 1 heterocycles. The van der Waals surface area contributed by atoms with Gasteiger partial charge in [0.1, 0.15) is 11.8 Å². The Hall–Kier alpha value is -1.13. The molecule has 0 saturated heterocycles. The van der Waals surface area contributed by atoms with Crippen LogP contribution in [0.25, 0.3) is 0 Å². The van der Waals surface area contributed by atoms with Crippen molar-refractivity contribution in [2.24, 2.45) is 0 Å². The highest BCUT2D eigenvalue weighted by Gasteiger charge is 2.04. The van der Waals surface area contributed by atoms with Crippen molar-refractivity contribution in [1.82, 2.24) is 4.98 Å². The molecule has 1 aromatic carbocycles. The van der Waals surface area contributed by atoms with Crippen molar-refractivity contribution in [3.63, 3.8) is 0 Å². The van der Waals surface area contributed by atoms with Gasteiger partial charge in [0.05, 0.1) is 0 Å². The van der Waals surface area contributed by atoms with Crippen LogP contribution in [0.3, 0.4) is 0 Å². The Morgan fingerprint density at radius 1 is 1.29 bits per heavy atom. The van der Waals surface area contributed by atoms with Crippen molar-refractivity contribution in [1.29, 1.82) is 0 Å². The van der Waals surface area contributed by atoms with Crippen LogP contribution >= 0.6 is 27.5 Å². The maximum Gasteiger partial charge on any atom is 0.166 e. The fourth-order valence-corrected chi connectivity index (χ4v) is 1.82. The van der Waals surface area contributed by atoms with E-state index in [1.165, 1.54) is 6.07 Å². The maximum atomic E-state index is 13.4. The van der Waals surface area contributed by atoms with Gasteiger partial charge in [-0.3, -0.25) is 0 Å². The lowest BCUT2D eigenvalue weighted by Gasteiger charge is -2.07. The van der Waals surface area contributed by atoms with Gasteiger partial charge in [-0.25, -0.2) is 9.37 Å². The Bertz CT molecular complexity index is 536. The SMILES string of the molecule is Fc1cc(Br)ccc1OCc1ccnc(Cl)c1. The summed E-state index contributed by atoms with van der Waals surface area (Å²) in [6, 6.07) is 8.09. The molecule has 0 aliphatic rings. The molecule has 2 nitrogen and oxygen atoms in total. The zero-order valence-electron chi connectivity index (χ0n) is 8.66. The molecule has 0 aliphatic carbocycles. The topological polar surface area (TPSA) is 22.1 Å². The first-order valence-electron chi connectivity index (χ1n) is 4.83. The van der Waals surface area contributed by atoms with Crippen LogP contribution in [0.15, 0.2) is 41.0 Å². The van der Waals surface area contributed by atoms with Crippen LogP contribution in [0.4, 0.5) is 4.39 Å². The van der Waals surface area contributed by atoms with Crippen LogP contribution in [0, 0.1) is 5.82 Å². The monoisotopic (exact) mass is 315 g/mol. The van der Waals surface area contributed by atoms with Crippen LogP contribution in [-0.2, 0) is 6.61 Å². The van der Waals surface area contributed by atoms with Gasteiger partial charge in [-0.1, -0.05) is 27.5 Å². The molecule has 5 heteroatoms. The zero-order valence-corrected chi connectivity index (χ0v) is 11.0. The number of rotatable bonds is 3. The Kier molecular flexibility index (Phi) is 3.97. The van der Waals surface area contributed by atoms with E-state index in [0.29, 0.717) is 9.63 Å². The fourth-order valence-electron chi connectivity index (χ4n) is 1.29. The number of pyridine rings is 1. The van der Waals surface area contributed by atoms with Crippen molar-refractivity contribution in [3.05, 3.63) is 57.5 Å². The smallest absolute Gasteiger partial charge is 0.166 e. The van der Waals surface area contributed by atoms with E-state index in [1.807, 2.05) is 0 Å². The Labute approximate surface area is 112 Å². The van der Waals surface area contributed by atoms with Crippen molar-refractivity contribution >= 4 is 27.5 Å². The van der Waals surface area contributed by atoms with Crippen LogP contribution in [0.2, 0.25) is 5.15 Å². The first kappa shape index (κ1) is 12.3. The summed E-state index contributed by atoms with van der Waals surface area (Å²) in [4.78, 5) is 3.85. The number of halogens is 3. The van der Waals surface area contributed by atoms with E-state index in [-0.39, 0.29) is 12.4 Å². The molecule has 0 amide bonds. The summed E-state index contributed by atoms with van der Waals surface area (Å²) in [7, 11) is 0. The van der Waals surface area contributed by atoms with Gasteiger partial charge in [0.25, 0.3) is 0 Å². The third kappa shape index (κ3) is 3.41. The molecule has 0 fully saturated rings. The third-order valence-corrected chi connectivity index (χ3v) is 2.78. The van der Waals surface area contributed by atoms with Crippen molar-refractivity contribution in [2.45, 2.75) is 6.61 Å². The molecule has 17 heavy (non-hydrogen) atoms. The highest BCUT2D eigenvalue weighted by Crippen LogP contribution is 2.22. The molecule has 0 bridgehead atoms. The number of benzene rings is 1. The number of aromatic nitrogens is 1. The summed E-state index contributed by atoms with van der Waals surface area (Å²) in [5, 5.41) is 0.391. The minimum Gasteiger partial charge on any atom is -0.486 e.